The van der Waals surface area contributed by atoms with Gasteiger partial charge in [-0.05, 0) is 35.4 Å². The van der Waals surface area contributed by atoms with E-state index in [4.69, 9.17) is 11.6 Å². The first kappa shape index (κ1) is 14.3. The van der Waals surface area contributed by atoms with Crippen LogP contribution in [0.2, 0.25) is 5.02 Å². The molecule has 1 aliphatic heterocycles. The number of tetrazole rings is 1. The van der Waals surface area contributed by atoms with Crippen LogP contribution < -0.4 is 0 Å². The van der Waals surface area contributed by atoms with E-state index in [2.05, 4.69) is 15.5 Å². The van der Waals surface area contributed by atoms with E-state index in [1.807, 2.05) is 23.1 Å². The first-order valence-corrected chi connectivity index (χ1v) is 8.06. The summed E-state index contributed by atoms with van der Waals surface area (Å²) in [5.41, 5.74) is 0.709. The molecular weight excluding hydrogens is 310 g/mol. The van der Waals surface area contributed by atoms with Gasteiger partial charge in [0.2, 0.25) is 11.1 Å². The fourth-order valence-electron chi connectivity index (χ4n) is 2.23. The van der Waals surface area contributed by atoms with Gasteiger partial charge >= 0.3 is 0 Å². The highest BCUT2D eigenvalue weighted by molar-refractivity contribution is 7.99. The summed E-state index contributed by atoms with van der Waals surface area (Å²) in [4.78, 5) is 13.9. The van der Waals surface area contributed by atoms with E-state index in [0.717, 1.165) is 25.9 Å². The zero-order chi connectivity index (χ0) is 14.7. The number of thioether (sulfide) groups is 1. The zero-order valence-electron chi connectivity index (χ0n) is 11.3. The summed E-state index contributed by atoms with van der Waals surface area (Å²) in [7, 11) is 0. The number of hydrogen-bond acceptors (Lipinski definition) is 5. The SMILES string of the molecule is O=C(CSc1nnnn1-c1ccccc1Cl)N1CCCC1. The average molecular weight is 324 g/mol. The molecule has 1 aromatic carbocycles. The van der Waals surface area contributed by atoms with Crippen LogP contribution in [0.5, 0.6) is 0 Å². The van der Waals surface area contributed by atoms with Crippen LogP contribution >= 0.6 is 23.4 Å². The van der Waals surface area contributed by atoms with Crippen LogP contribution in [0.3, 0.4) is 0 Å². The maximum absolute atomic E-state index is 12.1. The Balaban J connectivity index is 1.71. The molecule has 1 saturated heterocycles. The third-order valence-electron chi connectivity index (χ3n) is 3.31. The van der Waals surface area contributed by atoms with Gasteiger partial charge in [-0.25, -0.2) is 0 Å². The lowest BCUT2D eigenvalue weighted by molar-refractivity contribution is -0.127. The van der Waals surface area contributed by atoms with E-state index in [9.17, 15) is 4.79 Å². The smallest absolute Gasteiger partial charge is 0.233 e. The predicted octanol–water partition coefficient (Wildman–Crippen LogP) is 2.03. The highest BCUT2D eigenvalue weighted by Crippen LogP contribution is 2.24. The van der Waals surface area contributed by atoms with Gasteiger partial charge in [0.05, 0.1) is 16.5 Å². The monoisotopic (exact) mass is 323 g/mol. The van der Waals surface area contributed by atoms with Crippen LogP contribution in [0.15, 0.2) is 29.4 Å². The van der Waals surface area contributed by atoms with E-state index < -0.39 is 0 Å². The second-order valence-corrected chi connectivity index (χ2v) is 6.05. The van der Waals surface area contributed by atoms with Crippen molar-refractivity contribution in [2.24, 2.45) is 0 Å². The second kappa shape index (κ2) is 6.44. The van der Waals surface area contributed by atoms with Crippen LogP contribution in [-0.2, 0) is 4.79 Å². The molecule has 1 amide bonds. The van der Waals surface area contributed by atoms with Crippen molar-refractivity contribution in [3.05, 3.63) is 29.3 Å². The Bertz CT molecular complexity index is 641. The molecule has 0 atom stereocenters. The predicted molar refractivity (Wildman–Crippen MR) is 80.7 cm³/mol. The summed E-state index contributed by atoms with van der Waals surface area (Å²) in [6.45, 7) is 1.71. The quantitative estimate of drug-likeness (QED) is 0.806. The highest BCUT2D eigenvalue weighted by atomic mass is 35.5. The Morgan fingerprint density at radius 1 is 1.29 bits per heavy atom. The molecule has 2 aromatic rings. The van der Waals surface area contributed by atoms with Gasteiger partial charge in [0.15, 0.2) is 0 Å². The number of halogens is 1. The normalized spacial score (nSPS) is 14.6. The van der Waals surface area contributed by atoms with E-state index in [1.165, 1.54) is 11.8 Å². The molecular formula is C13H14ClN5OS. The summed E-state index contributed by atoms with van der Waals surface area (Å²) >= 11 is 7.48. The number of carbonyl (C=O) groups is 1. The zero-order valence-corrected chi connectivity index (χ0v) is 12.8. The van der Waals surface area contributed by atoms with Crippen LogP contribution in [0.1, 0.15) is 12.8 Å². The summed E-state index contributed by atoms with van der Waals surface area (Å²) in [5, 5.41) is 12.7. The topological polar surface area (TPSA) is 63.9 Å². The Labute approximate surface area is 131 Å². The van der Waals surface area contributed by atoms with Gasteiger partial charge in [-0.2, -0.15) is 4.68 Å². The molecule has 0 unspecified atom stereocenters. The summed E-state index contributed by atoms with van der Waals surface area (Å²) in [5.74, 6) is 0.469. The number of aromatic nitrogens is 4. The lowest BCUT2D eigenvalue weighted by Gasteiger charge is -2.14. The summed E-state index contributed by atoms with van der Waals surface area (Å²) in [6, 6.07) is 7.33. The fourth-order valence-corrected chi connectivity index (χ4v) is 3.23. The molecule has 21 heavy (non-hydrogen) atoms. The first-order valence-electron chi connectivity index (χ1n) is 6.69. The van der Waals surface area contributed by atoms with Crippen LogP contribution in [0.4, 0.5) is 0 Å². The Morgan fingerprint density at radius 2 is 2.05 bits per heavy atom. The molecule has 1 aliphatic rings. The minimum atomic E-state index is 0.131. The van der Waals surface area contributed by atoms with Crippen LogP contribution in [0, 0.1) is 0 Å². The van der Waals surface area contributed by atoms with Crippen LogP contribution in [-0.4, -0.2) is 49.9 Å². The van der Waals surface area contributed by atoms with Crippen molar-refractivity contribution in [2.45, 2.75) is 18.0 Å². The van der Waals surface area contributed by atoms with E-state index in [0.29, 0.717) is 21.6 Å². The Morgan fingerprint density at radius 3 is 2.81 bits per heavy atom. The molecule has 8 heteroatoms. The Kier molecular flexibility index (Phi) is 4.40. The van der Waals surface area contributed by atoms with E-state index in [1.54, 1.807) is 10.7 Å². The molecule has 0 saturated carbocycles. The van der Waals surface area contributed by atoms with Crippen molar-refractivity contribution in [2.75, 3.05) is 18.8 Å². The number of benzene rings is 1. The standard InChI is InChI=1S/C13H14ClN5OS/c14-10-5-1-2-6-11(10)19-13(15-16-17-19)21-9-12(20)18-7-3-4-8-18/h1-2,5-6H,3-4,7-9H2. The lowest BCUT2D eigenvalue weighted by atomic mass is 10.3. The third-order valence-corrected chi connectivity index (χ3v) is 4.53. The largest absolute Gasteiger partial charge is 0.342 e. The number of hydrogen-bond donors (Lipinski definition) is 0. The minimum Gasteiger partial charge on any atom is -0.342 e. The van der Waals surface area contributed by atoms with Crippen molar-refractivity contribution in [1.29, 1.82) is 0 Å². The number of rotatable bonds is 4. The number of nitrogens with zero attached hydrogens (tertiary/aromatic N) is 5. The third kappa shape index (κ3) is 3.19. The van der Waals surface area contributed by atoms with Crippen molar-refractivity contribution in [3.8, 4) is 5.69 Å². The molecule has 0 bridgehead atoms. The maximum atomic E-state index is 12.1. The van der Waals surface area contributed by atoms with Gasteiger partial charge in [0, 0.05) is 13.1 Å². The molecule has 0 aliphatic carbocycles. The van der Waals surface area contributed by atoms with Crippen molar-refractivity contribution >= 4 is 29.3 Å². The van der Waals surface area contributed by atoms with Gasteiger partial charge in [-0.15, -0.1) is 5.10 Å². The van der Waals surface area contributed by atoms with Gasteiger partial charge in [0.25, 0.3) is 0 Å². The molecule has 2 heterocycles. The molecule has 1 aromatic heterocycles. The van der Waals surface area contributed by atoms with Gasteiger partial charge in [0.1, 0.15) is 0 Å². The van der Waals surface area contributed by atoms with Gasteiger partial charge in [-0.1, -0.05) is 35.5 Å². The number of amides is 1. The van der Waals surface area contributed by atoms with Gasteiger partial charge < -0.3 is 4.90 Å². The van der Waals surface area contributed by atoms with Crippen molar-refractivity contribution in [3.63, 3.8) is 0 Å². The molecule has 1 fully saturated rings. The summed E-state index contributed by atoms with van der Waals surface area (Å²) < 4.78 is 1.56. The van der Waals surface area contributed by atoms with Crippen LogP contribution in [0.25, 0.3) is 5.69 Å². The van der Waals surface area contributed by atoms with Crippen molar-refractivity contribution in [1.82, 2.24) is 25.1 Å². The number of carbonyl (C=O) groups excluding carboxylic acids is 1. The second-order valence-electron chi connectivity index (χ2n) is 4.70. The first-order chi connectivity index (χ1) is 10.3. The molecule has 0 N–H and O–H groups in total. The maximum Gasteiger partial charge on any atom is 0.233 e. The van der Waals surface area contributed by atoms with E-state index in [-0.39, 0.29) is 5.91 Å². The molecule has 6 nitrogen and oxygen atoms in total. The number of likely N-dealkylation sites (tertiary alicyclic amines) is 1. The summed E-state index contributed by atoms with van der Waals surface area (Å²) in [6.07, 6.45) is 2.18. The van der Waals surface area contributed by atoms with Gasteiger partial charge in [-0.3, -0.25) is 4.79 Å². The number of para-hydroxylation sites is 1. The Hall–Kier alpha value is -1.60. The molecule has 0 radical (unpaired) electrons. The lowest BCUT2D eigenvalue weighted by Crippen LogP contribution is -2.29. The van der Waals surface area contributed by atoms with Crippen molar-refractivity contribution < 1.29 is 4.79 Å². The average Bonchev–Trinajstić information content (AvgIpc) is 3.17. The molecule has 110 valence electrons. The minimum absolute atomic E-state index is 0.131. The fraction of sp³-hybridized carbons (Fsp3) is 0.385. The molecule has 0 spiro atoms. The highest BCUT2D eigenvalue weighted by Gasteiger charge is 2.19. The van der Waals surface area contributed by atoms with E-state index >= 15 is 0 Å². The molecule has 3 rings (SSSR count).